The largest absolute Gasteiger partial charge is 0.478 e. The van der Waals surface area contributed by atoms with Crippen molar-refractivity contribution in [3.8, 4) is 0 Å². The summed E-state index contributed by atoms with van der Waals surface area (Å²) in [5.74, 6) is -0.452. The lowest BCUT2D eigenvalue weighted by Crippen LogP contribution is -2.39. The molecule has 0 radical (unpaired) electrons. The summed E-state index contributed by atoms with van der Waals surface area (Å²) in [5.41, 5.74) is 2.82. The number of rotatable bonds is 4. The predicted molar refractivity (Wildman–Crippen MR) is 102 cm³/mol. The molecule has 136 valence electrons. The van der Waals surface area contributed by atoms with Crippen LogP contribution in [-0.4, -0.2) is 35.0 Å². The highest BCUT2D eigenvalue weighted by molar-refractivity contribution is 6.31. The molecule has 0 aliphatic carbocycles. The molecule has 1 amide bonds. The first-order chi connectivity index (χ1) is 12.5. The minimum Gasteiger partial charge on any atom is -0.478 e. The normalized spacial score (nSPS) is 15.1. The molecule has 2 aromatic rings. The van der Waals surface area contributed by atoms with Gasteiger partial charge in [0.25, 0.3) is 5.91 Å². The van der Waals surface area contributed by atoms with Crippen LogP contribution in [0, 0.1) is 12.8 Å². The van der Waals surface area contributed by atoms with Gasteiger partial charge in [-0.3, -0.25) is 4.79 Å². The van der Waals surface area contributed by atoms with E-state index < -0.39 is 5.97 Å². The fraction of sp³-hybridized carbons (Fsp3) is 0.333. The van der Waals surface area contributed by atoms with Crippen molar-refractivity contribution in [2.75, 3.05) is 13.1 Å². The third kappa shape index (κ3) is 4.07. The third-order valence-electron chi connectivity index (χ3n) is 5.06. The van der Waals surface area contributed by atoms with Gasteiger partial charge >= 0.3 is 5.97 Å². The van der Waals surface area contributed by atoms with Crippen LogP contribution >= 0.6 is 11.6 Å². The first-order valence-electron chi connectivity index (χ1n) is 8.82. The van der Waals surface area contributed by atoms with Gasteiger partial charge in [-0.05, 0) is 67.5 Å². The molecular formula is C21H22ClNO3. The summed E-state index contributed by atoms with van der Waals surface area (Å²) < 4.78 is 0. The third-order valence-corrected chi connectivity index (χ3v) is 5.49. The summed E-state index contributed by atoms with van der Waals surface area (Å²) in [6.45, 7) is 3.28. The van der Waals surface area contributed by atoms with E-state index in [1.807, 2.05) is 30.0 Å². The molecule has 2 aromatic carbocycles. The Kier molecular flexibility index (Phi) is 5.62. The van der Waals surface area contributed by atoms with Crippen molar-refractivity contribution in [1.82, 2.24) is 4.90 Å². The topological polar surface area (TPSA) is 57.6 Å². The highest BCUT2D eigenvalue weighted by Gasteiger charge is 2.25. The molecule has 1 saturated heterocycles. The second kappa shape index (κ2) is 7.92. The number of hydrogen-bond acceptors (Lipinski definition) is 2. The summed E-state index contributed by atoms with van der Waals surface area (Å²) in [5, 5.41) is 9.98. The zero-order valence-corrected chi connectivity index (χ0v) is 15.5. The molecule has 0 unspecified atom stereocenters. The van der Waals surface area contributed by atoms with E-state index in [4.69, 9.17) is 11.6 Å². The van der Waals surface area contributed by atoms with Crippen LogP contribution in [0.2, 0.25) is 5.02 Å². The van der Waals surface area contributed by atoms with Crippen molar-refractivity contribution < 1.29 is 14.7 Å². The Morgan fingerprint density at radius 2 is 1.85 bits per heavy atom. The van der Waals surface area contributed by atoms with Crippen molar-refractivity contribution >= 4 is 23.5 Å². The van der Waals surface area contributed by atoms with Crippen LogP contribution in [0.15, 0.2) is 42.5 Å². The molecule has 1 fully saturated rings. The maximum absolute atomic E-state index is 12.7. The Hall–Kier alpha value is -2.33. The number of aromatic carboxylic acids is 1. The summed E-state index contributed by atoms with van der Waals surface area (Å²) in [6, 6.07) is 12.5. The van der Waals surface area contributed by atoms with Crippen molar-refractivity contribution in [2.24, 2.45) is 5.92 Å². The fourth-order valence-electron chi connectivity index (χ4n) is 3.52. The van der Waals surface area contributed by atoms with Gasteiger partial charge in [0, 0.05) is 23.7 Å². The molecular weight excluding hydrogens is 350 g/mol. The van der Waals surface area contributed by atoms with Crippen LogP contribution in [0.5, 0.6) is 0 Å². The minimum absolute atomic E-state index is 0.0363. The van der Waals surface area contributed by atoms with Gasteiger partial charge in [0.1, 0.15) is 0 Å². The van der Waals surface area contributed by atoms with E-state index in [1.165, 1.54) is 0 Å². The molecule has 1 heterocycles. The van der Waals surface area contributed by atoms with Crippen LogP contribution < -0.4 is 0 Å². The molecule has 1 N–H and O–H groups in total. The first kappa shape index (κ1) is 18.5. The zero-order chi connectivity index (χ0) is 18.7. The second-order valence-corrected chi connectivity index (χ2v) is 7.27. The number of hydrogen-bond donors (Lipinski definition) is 1. The number of benzene rings is 2. The molecule has 1 aliphatic heterocycles. The average molecular weight is 372 g/mol. The minimum atomic E-state index is -0.883. The first-order valence-corrected chi connectivity index (χ1v) is 9.20. The smallest absolute Gasteiger partial charge is 0.335 e. The number of carbonyl (C=O) groups is 2. The number of nitrogens with zero attached hydrogens (tertiary/aromatic N) is 1. The molecule has 0 bridgehead atoms. The number of piperidine rings is 1. The average Bonchev–Trinajstić information content (AvgIpc) is 2.64. The van der Waals surface area contributed by atoms with Crippen LogP contribution in [0.25, 0.3) is 0 Å². The number of amides is 1. The quantitative estimate of drug-likeness (QED) is 0.864. The highest BCUT2D eigenvalue weighted by atomic mass is 35.5. The zero-order valence-electron chi connectivity index (χ0n) is 14.7. The maximum atomic E-state index is 12.7. The lowest BCUT2D eigenvalue weighted by Gasteiger charge is -2.32. The number of carboxylic acids is 1. The van der Waals surface area contributed by atoms with Crippen molar-refractivity contribution in [3.63, 3.8) is 0 Å². The SMILES string of the molecule is Cc1cc(C(=O)N2CCC(Cc3ccccc3C(=O)O)CC2)ccc1Cl. The Morgan fingerprint density at radius 1 is 1.15 bits per heavy atom. The van der Waals surface area contributed by atoms with E-state index in [-0.39, 0.29) is 5.91 Å². The van der Waals surface area contributed by atoms with E-state index in [0.717, 1.165) is 30.4 Å². The molecule has 0 aromatic heterocycles. The summed E-state index contributed by atoms with van der Waals surface area (Å²) in [7, 11) is 0. The van der Waals surface area contributed by atoms with Crippen LogP contribution in [-0.2, 0) is 6.42 Å². The molecule has 0 spiro atoms. The van der Waals surface area contributed by atoms with E-state index in [1.54, 1.807) is 24.3 Å². The standard InChI is InChI=1S/C21H22ClNO3/c1-14-12-17(6-7-19(14)22)20(24)23-10-8-15(9-11-23)13-16-4-2-3-5-18(16)21(25)26/h2-7,12,15H,8-11,13H2,1H3,(H,25,26). The molecule has 0 saturated carbocycles. The van der Waals surface area contributed by atoms with Crippen LogP contribution in [0.1, 0.15) is 44.7 Å². The van der Waals surface area contributed by atoms with Crippen molar-refractivity contribution in [2.45, 2.75) is 26.2 Å². The highest BCUT2D eigenvalue weighted by Crippen LogP contribution is 2.25. The maximum Gasteiger partial charge on any atom is 0.335 e. The second-order valence-electron chi connectivity index (χ2n) is 6.87. The summed E-state index contributed by atoms with van der Waals surface area (Å²) in [6.07, 6.45) is 2.50. The van der Waals surface area contributed by atoms with E-state index >= 15 is 0 Å². The van der Waals surface area contributed by atoms with Crippen LogP contribution in [0.4, 0.5) is 0 Å². The van der Waals surface area contributed by atoms with Crippen molar-refractivity contribution in [3.05, 3.63) is 69.7 Å². The van der Waals surface area contributed by atoms with E-state index in [9.17, 15) is 14.7 Å². The number of likely N-dealkylation sites (tertiary alicyclic amines) is 1. The van der Waals surface area contributed by atoms with Gasteiger partial charge in [0.15, 0.2) is 0 Å². The predicted octanol–water partition coefficient (Wildman–Crippen LogP) is 4.44. The molecule has 5 heteroatoms. The molecule has 0 atom stereocenters. The lowest BCUT2D eigenvalue weighted by atomic mass is 9.88. The molecule has 1 aliphatic rings. The van der Waals surface area contributed by atoms with E-state index in [0.29, 0.717) is 35.2 Å². The Balaban J connectivity index is 1.61. The number of carboxylic acid groups (broad SMARTS) is 1. The van der Waals surface area contributed by atoms with Gasteiger partial charge in [0.05, 0.1) is 5.56 Å². The van der Waals surface area contributed by atoms with Gasteiger partial charge in [-0.15, -0.1) is 0 Å². The monoisotopic (exact) mass is 371 g/mol. The fourth-order valence-corrected chi connectivity index (χ4v) is 3.64. The van der Waals surface area contributed by atoms with Crippen molar-refractivity contribution in [1.29, 1.82) is 0 Å². The molecule has 3 rings (SSSR count). The van der Waals surface area contributed by atoms with Crippen LogP contribution in [0.3, 0.4) is 0 Å². The van der Waals surface area contributed by atoms with Gasteiger partial charge in [-0.2, -0.15) is 0 Å². The summed E-state index contributed by atoms with van der Waals surface area (Å²) in [4.78, 5) is 25.9. The van der Waals surface area contributed by atoms with Gasteiger partial charge < -0.3 is 10.0 Å². The Morgan fingerprint density at radius 3 is 2.50 bits per heavy atom. The Labute approximate surface area is 158 Å². The van der Waals surface area contributed by atoms with Gasteiger partial charge in [0.2, 0.25) is 0 Å². The number of halogens is 1. The van der Waals surface area contributed by atoms with Gasteiger partial charge in [-0.1, -0.05) is 29.8 Å². The lowest BCUT2D eigenvalue weighted by molar-refractivity contribution is 0.0690. The number of carbonyl (C=O) groups excluding carboxylic acids is 1. The Bertz CT molecular complexity index is 826. The van der Waals surface area contributed by atoms with Gasteiger partial charge in [-0.25, -0.2) is 4.79 Å². The summed E-state index contributed by atoms with van der Waals surface area (Å²) >= 11 is 6.04. The molecule has 4 nitrogen and oxygen atoms in total. The number of aryl methyl sites for hydroxylation is 1. The van der Waals surface area contributed by atoms with E-state index in [2.05, 4.69) is 0 Å². The molecule has 26 heavy (non-hydrogen) atoms.